The third kappa shape index (κ3) is 4.89. The minimum Gasteiger partial charge on any atom is -0.497 e. The number of rotatable bonds is 6. The first-order valence-corrected chi connectivity index (χ1v) is 13.6. The Hall–Kier alpha value is -3.41. The van der Waals surface area contributed by atoms with Crippen molar-refractivity contribution in [2.45, 2.75) is 71.3 Å². The molecule has 2 saturated carbocycles. The lowest BCUT2D eigenvalue weighted by atomic mass is 9.55. The van der Waals surface area contributed by atoms with Gasteiger partial charge in [-0.15, -0.1) is 0 Å². The van der Waals surface area contributed by atoms with Gasteiger partial charge < -0.3 is 14.2 Å². The van der Waals surface area contributed by atoms with E-state index >= 15 is 0 Å². The number of aryl methyl sites for hydroxylation is 1. The molecule has 0 bridgehead atoms. The number of ether oxygens (including phenoxy) is 3. The molecule has 0 amide bonds. The van der Waals surface area contributed by atoms with Gasteiger partial charge >= 0.3 is 11.9 Å². The second-order valence-corrected chi connectivity index (χ2v) is 11.3. The van der Waals surface area contributed by atoms with Gasteiger partial charge in [-0.3, -0.25) is 14.4 Å². The average Bonchev–Trinajstić information content (AvgIpc) is 3.22. The van der Waals surface area contributed by atoms with Crippen LogP contribution in [-0.2, 0) is 20.7 Å². The van der Waals surface area contributed by atoms with Crippen LogP contribution < -0.4 is 9.47 Å². The van der Waals surface area contributed by atoms with E-state index in [1.165, 1.54) is 25.5 Å². The van der Waals surface area contributed by atoms with Gasteiger partial charge in [0.05, 0.1) is 12.7 Å². The third-order valence-electron chi connectivity index (χ3n) is 9.09. The highest BCUT2D eigenvalue weighted by Crippen LogP contribution is 2.61. The fourth-order valence-electron chi connectivity index (χ4n) is 7.38. The molecule has 0 heterocycles. The van der Waals surface area contributed by atoms with Gasteiger partial charge in [0.2, 0.25) is 0 Å². The molecule has 0 spiro atoms. The van der Waals surface area contributed by atoms with Crippen molar-refractivity contribution < 1.29 is 28.6 Å². The molecule has 3 aliphatic rings. The molecule has 0 saturated heterocycles. The monoisotopic (exact) mass is 516 g/mol. The maximum Gasteiger partial charge on any atom is 0.308 e. The first kappa shape index (κ1) is 26.2. The van der Waals surface area contributed by atoms with Crippen LogP contribution in [0.25, 0.3) is 6.08 Å². The number of esters is 2. The van der Waals surface area contributed by atoms with Crippen LogP contribution in [0.3, 0.4) is 0 Å². The zero-order chi connectivity index (χ0) is 27.0. The van der Waals surface area contributed by atoms with Crippen molar-refractivity contribution >= 4 is 23.8 Å². The quantitative estimate of drug-likeness (QED) is 0.194. The molecule has 3 aliphatic carbocycles. The van der Waals surface area contributed by atoms with E-state index in [4.69, 9.17) is 14.2 Å². The zero-order valence-electron chi connectivity index (χ0n) is 22.6. The maximum absolute atomic E-state index is 13.4. The number of fused-ring (bicyclic) bond motifs is 5. The highest BCUT2D eigenvalue weighted by molar-refractivity contribution is 6.09. The van der Waals surface area contributed by atoms with Gasteiger partial charge in [0.25, 0.3) is 0 Å². The number of benzene rings is 2. The summed E-state index contributed by atoms with van der Waals surface area (Å²) in [6.07, 6.45) is 9.15. The number of hydrogen-bond donors (Lipinski definition) is 0. The molecule has 0 N–H and O–H groups in total. The predicted octanol–water partition coefficient (Wildman–Crippen LogP) is 6.30. The molecular formula is C32H36O6. The Kier molecular flexibility index (Phi) is 7.17. The van der Waals surface area contributed by atoms with Crippen LogP contribution in [0.1, 0.15) is 85.8 Å². The molecule has 5 rings (SSSR count). The minimum absolute atomic E-state index is 0.000148. The Morgan fingerprint density at radius 1 is 1.00 bits per heavy atom. The number of carbonyl (C=O) groups excluding carboxylic acids is 3. The van der Waals surface area contributed by atoms with Crippen LogP contribution in [-0.4, -0.2) is 30.9 Å². The molecule has 2 aromatic carbocycles. The molecule has 2 fully saturated rings. The molecule has 0 radical (unpaired) electrons. The molecule has 2 aromatic rings. The Balaban J connectivity index is 1.46. The summed E-state index contributed by atoms with van der Waals surface area (Å²) in [5.74, 6) is 1.50. The van der Waals surface area contributed by atoms with Crippen LogP contribution in [0, 0.1) is 17.3 Å². The summed E-state index contributed by atoms with van der Waals surface area (Å²) in [5, 5.41) is 0. The summed E-state index contributed by atoms with van der Waals surface area (Å²) in [6.45, 7) is 5.16. The summed E-state index contributed by atoms with van der Waals surface area (Å²) in [7, 11) is 1.61. The number of hydrogen-bond acceptors (Lipinski definition) is 6. The van der Waals surface area contributed by atoms with Crippen LogP contribution in [0.15, 0.2) is 42.5 Å². The van der Waals surface area contributed by atoms with Crippen LogP contribution in [0.2, 0.25) is 0 Å². The largest absolute Gasteiger partial charge is 0.497 e. The van der Waals surface area contributed by atoms with Gasteiger partial charge in [-0.25, -0.2) is 0 Å². The van der Waals surface area contributed by atoms with E-state index in [1.807, 2.05) is 36.4 Å². The van der Waals surface area contributed by atoms with E-state index in [0.29, 0.717) is 34.8 Å². The topological polar surface area (TPSA) is 78.9 Å². The minimum atomic E-state index is -0.444. The van der Waals surface area contributed by atoms with Gasteiger partial charge in [0.15, 0.2) is 5.78 Å². The first-order chi connectivity index (χ1) is 18.2. The van der Waals surface area contributed by atoms with Gasteiger partial charge in [-0.05, 0) is 103 Å². The van der Waals surface area contributed by atoms with Crippen molar-refractivity contribution in [1.29, 1.82) is 0 Å². The van der Waals surface area contributed by atoms with E-state index in [-0.39, 0.29) is 23.3 Å². The number of methoxy groups -OCH3 is 1. The number of ketones is 1. The Bertz CT molecular complexity index is 1290. The van der Waals surface area contributed by atoms with E-state index in [2.05, 4.69) is 6.92 Å². The average molecular weight is 517 g/mol. The number of carbonyl (C=O) groups is 3. The Morgan fingerprint density at radius 2 is 1.82 bits per heavy atom. The molecule has 0 unspecified atom stereocenters. The second kappa shape index (κ2) is 10.4. The van der Waals surface area contributed by atoms with E-state index < -0.39 is 5.97 Å². The summed E-state index contributed by atoms with van der Waals surface area (Å²) in [5.41, 5.74) is 3.62. The van der Waals surface area contributed by atoms with E-state index in [1.54, 1.807) is 13.2 Å². The van der Waals surface area contributed by atoms with E-state index in [9.17, 15) is 14.4 Å². The maximum atomic E-state index is 13.4. The molecule has 0 aromatic heterocycles. The Labute approximate surface area is 224 Å². The molecule has 5 atom stereocenters. The van der Waals surface area contributed by atoms with Crippen molar-refractivity contribution in [2.75, 3.05) is 7.11 Å². The normalized spacial score (nSPS) is 27.7. The fraction of sp³-hybridized carbons (Fsp3) is 0.469. The summed E-state index contributed by atoms with van der Waals surface area (Å²) >= 11 is 0. The van der Waals surface area contributed by atoms with Gasteiger partial charge in [0.1, 0.15) is 17.6 Å². The molecular weight excluding hydrogens is 480 g/mol. The highest BCUT2D eigenvalue weighted by atomic mass is 16.5. The van der Waals surface area contributed by atoms with Gasteiger partial charge in [-0.1, -0.05) is 25.1 Å². The lowest BCUT2D eigenvalue weighted by Gasteiger charge is -2.50. The fourth-order valence-corrected chi connectivity index (χ4v) is 7.38. The standard InChI is InChI=1S/C32H36O6/c1-19(33)37-30-17-22-9-10-25-24(14-15-32(3)28(25)11-13-31(32)38-20(2)34)26(22)18-27(30)29(35)12-8-21-6-5-7-23(16-21)36-4/h5-8,12,16-18,24-25,28,31H,9-11,13-15H2,1-4H3/b12-8+/t24-,25+,28-,31-,32-/m0/s1. The highest BCUT2D eigenvalue weighted by Gasteiger charge is 2.56. The second-order valence-electron chi connectivity index (χ2n) is 11.3. The number of allylic oxidation sites excluding steroid dienone is 1. The summed E-state index contributed by atoms with van der Waals surface area (Å²) < 4.78 is 16.6. The molecule has 6 heteroatoms. The summed E-state index contributed by atoms with van der Waals surface area (Å²) in [4.78, 5) is 37.1. The molecule has 0 aliphatic heterocycles. The zero-order valence-corrected chi connectivity index (χ0v) is 22.6. The van der Waals surface area contributed by atoms with Crippen LogP contribution >= 0.6 is 0 Å². The lowest BCUT2D eigenvalue weighted by Crippen LogP contribution is -2.45. The predicted molar refractivity (Wildman–Crippen MR) is 144 cm³/mol. The Morgan fingerprint density at radius 3 is 2.55 bits per heavy atom. The van der Waals surface area contributed by atoms with Crippen molar-refractivity contribution in [1.82, 2.24) is 0 Å². The molecule has 200 valence electrons. The van der Waals surface area contributed by atoms with Gasteiger partial charge in [0, 0.05) is 19.3 Å². The first-order valence-electron chi connectivity index (χ1n) is 13.6. The van der Waals surface area contributed by atoms with Crippen molar-refractivity contribution in [3.05, 3.63) is 64.7 Å². The van der Waals surface area contributed by atoms with Crippen molar-refractivity contribution in [3.8, 4) is 11.5 Å². The molecule has 6 nitrogen and oxygen atoms in total. The lowest BCUT2D eigenvalue weighted by molar-refractivity contribution is -0.154. The SMILES string of the molecule is COc1cccc(/C=C/C(=O)c2cc3c(cc2OC(C)=O)CC[C@@H]2[C@@H]3CC[C@]3(C)[C@@H](OC(C)=O)CC[C@@H]23)c1. The summed E-state index contributed by atoms with van der Waals surface area (Å²) in [6, 6.07) is 11.4. The smallest absolute Gasteiger partial charge is 0.308 e. The van der Waals surface area contributed by atoms with Crippen LogP contribution in [0.5, 0.6) is 11.5 Å². The van der Waals surface area contributed by atoms with E-state index in [0.717, 1.165) is 49.7 Å². The van der Waals surface area contributed by atoms with Crippen LogP contribution in [0.4, 0.5) is 0 Å². The van der Waals surface area contributed by atoms with Crippen molar-refractivity contribution in [3.63, 3.8) is 0 Å². The van der Waals surface area contributed by atoms with Crippen molar-refractivity contribution in [2.24, 2.45) is 17.3 Å². The molecule has 38 heavy (non-hydrogen) atoms. The third-order valence-corrected chi connectivity index (χ3v) is 9.09. The van der Waals surface area contributed by atoms with Gasteiger partial charge in [-0.2, -0.15) is 0 Å².